The minimum absolute atomic E-state index is 0.0464. The Hall–Kier alpha value is -2.62. The number of amides is 2. The molecule has 0 aliphatic heterocycles. The zero-order valence-electron chi connectivity index (χ0n) is 15.1. The first kappa shape index (κ1) is 21.7. The van der Waals surface area contributed by atoms with Crippen LogP contribution in [-0.2, 0) is 26.0 Å². The highest BCUT2D eigenvalue weighted by Gasteiger charge is 2.14. The van der Waals surface area contributed by atoms with Crippen LogP contribution in [0.5, 0.6) is 5.75 Å². The lowest BCUT2D eigenvalue weighted by molar-refractivity contribution is -0.128. The summed E-state index contributed by atoms with van der Waals surface area (Å²) in [6.07, 6.45) is -0.0664. The average molecular weight is 426 g/mol. The number of sulfonamides is 1. The predicted molar refractivity (Wildman–Crippen MR) is 104 cm³/mol. The second-order valence-corrected chi connectivity index (χ2v) is 7.93. The topological polar surface area (TPSA) is 114 Å². The third-order valence-electron chi connectivity index (χ3n) is 3.63. The van der Waals surface area contributed by atoms with Gasteiger partial charge in [0, 0.05) is 18.0 Å². The van der Waals surface area contributed by atoms with Gasteiger partial charge in [0.25, 0.3) is 0 Å². The van der Waals surface area contributed by atoms with Crippen molar-refractivity contribution in [2.75, 3.05) is 13.7 Å². The number of halogens is 1. The minimum atomic E-state index is -3.74. The molecule has 0 bridgehead atoms. The zero-order chi connectivity index (χ0) is 20.6. The van der Waals surface area contributed by atoms with E-state index in [-0.39, 0.29) is 24.3 Å². The fourth-order valence-corrected chi connectivity index (χ4v) is 3.33. The van der Waals surface area contributed by atoms with Gasteiger partial charge in [-0.05, 0) is 42.0 Å². The van der Waals surface area contributed by atoms with Crippen LogP contribution in [0.2, 0.25) is 5.02 Å². The van der Waals surface area contributed by atoms with Gasteiger partial charge in [-0.1, -0.05) is 23.7 Å². The van der Waals surface area contributed by atoms with Crippen molar-refractivity contribution in [1.82, 2.24) is 15.6 Å². The molecule has 0 unspecified atom stereocenters. The molecule has 0 radical (unpaired) electrons. The van der Waals surface area contributed by atoms with E-state index in [1.807, 2.05) is 0 Å². The number of methoxy groups -OCH3 is 1. The monoisotopic (exact) mass is 425 g/mol. The molecule has 0 saturated heterocycles. The third-order valence-corrected chi connectivity index (χ3v) is 5.36. The molecule has 2 aromatic carbocycles. The molecule has 0 heterocycles. The largest absolute Gasteiger partial charge is 0.497 e. The molecule has 2 amide bonds. The van der Waals surface area contributed by atoms with E-state index < -0.39 is 21.8 Å². The summed E-state index contributed by atoms with van der Waals surface area (Å²) < 4.78 is 31.5. The highest BCUT2D eigenvalue weighted by molar-refractivity contribution is 7.89. The second-order valence-electron chi connectivity index (χ2n) is 5.72. The van der Waals surface area contributed by atoms with Gasteiger partial charge >= 0.3 is 0 Å². The molecule has 2 aromatic rings. The molecule has 0 aliphatic carbocycles. The Labute approximate surface area is 168 Å². The van der Waals surface area contributed by atoms with Gasteiger partial charge in [0.2, 0.25) is 21.8 Å². The van der Waals surface area contributed by atoms with Gasteiger partial charge in [-0.2, -0.15) is 0 Å². The summed E-state index contributed by atoms with van der Waals surface area (Å²) in [6, 6.07) is 12.6. The molecule has 0 atom stereocenters. The Morgan fingerprint density at radius 3 is 2.18 bits per heavy atom. The number of carbonyl (C=O) groups excluding carboxylic acids is 2. The average Bonchev–Trinajstić information content (AvgIpc) is 2.67. The molecular formula is C18H20ClN3O5S. The van der Waals surface area contributed by atoms with Gasteiger partial charge in [-0.3, -0.25) is 20.4 Å². The molecule has 0 aromatic heterocycles. The molecule has 3 N–H and O–H groups in total. The summed E-state index contributed by atoms with van der Waals surface area (Å²) in [6.45, 7) is -0.120. The molecular weight excluding hydrogens is 406 g/mol. The lowest BCUT2D eigenvalue weighted by Crippen LogP contribution is -2.43. The van der Waals surface area contributed by atoms with Crippen LogP contribution < -0.4 is 20.3 Å². The zero-order valence-corrected chi connectivity index (χ0v) is 16.6. The first-order chi connectivity index (χ1) is 13.3. The molecule has 0 fully saturated rings. The minimum Gasteiger partial charge on any atom is -0.497 e. The van der Waals surface area contributed by atoms with Crippen LogP contribution >= 0.6 is 11.6 Å². The summed E-state index contributed by atoms with van der Waals surface area (Å²) in [5, 5.41) is 0.420. The van der Waals surface area contributed by atoms with E-state index in [0.717, 1.165) is 5.56 Å². The van der Waals surface area contributed by atoms with Gasteiger partial charge in [-0.25, -0.2) is 13.1 Å². The van der Waals surface area contributed by atoms with E-state index in [2.05, 4.69) is 15.6 Å². The summed E-state index contributed by atoms with van der Waals surface area (Å²) in [5.74, 6) is -0.249. The van der Waals surface area contributed by atoms with E-state index in [1.165, 1.54) is 24.3 Å². The van der Waals surface area contributed by atoms with Crippen molar-refractivity contribution >= 4 is 33.4 Å². The van der Waals surface area contributed by atoms with Crippen LogP contribution in [0, 0.1) is 0 Å². The van der Waals surface area contributed by atoms with Crippen molar-refractivity contribution in [2.24, 2.45) is 0 Å². The fraction of sp³-hybridized carbons (Fsp3) is 0.222. The van der Waals surface area contributed by atoms with Crippen molar-refractivity contribution in [3.8, 4) is 5.75 Å². The number of hydrogen-bond acceptors (Lipinski definition) is 5. The van der Waals surface area contributed by atoms with E-state index in [4.69, 9.17) is 16.3 Å². The molecule has 0 aliphatic rings. The summed E-state index contributed by atoms with van der Waals surface area (Å²) in [4.78, 5) is 23.6. The Balaban J connectivity index is 1.71. The predicted octanol–water partition coefficient (Wildman–Crippen LogP) is 1.41. The van der Waals surface area contributed by atoms with Crippen molar-refractivity contribution in [3.63, 3.8) is 0 Å². The first-order valence-corrected chi connectivity index (χ1v) is 10.1. The van der Waals surface area contributed by atoms with Gasteiger partial charge in [0.1, 0.15) is 5.75 Å². The number of carbonyl (C=O) groups is 2. The Morgan fingerprint density at radius 2 is 1.57 bits per heavy atom. The fourth-order valence-electron chi connectivity index (χ4n) is 2.17. The Kier molecular flexibility index (Phi) is 7.80. The number of nitrogens with one attached hydrogen (secondary N) is 3. The quantitative estimate of drug-likeness (QED) is 0.553. The van der Waals surface area contributed by atoms with Crippen molar-refractivity contribution in [2.45, 2.75) is 17.7 Å². The Morgan fingerprint density at radius 1 is 0.964 bits per heavy atom. The first-order valence-electron chi connectivity index (χ1n) is 8.26. The number of hydrogen-bond donors (Lipinski definition) is 3. The molecule has 10 heteroatoms. The normalized spacial score (nSPS) is 10.9. The van der Waals surface area contributed by atoms with E-state index >= 15 is 0 Å². The van der Waals surface area contributed by atoms with Crippen molar-refractivity contribution < 1.29 is 22.7 Å². The Bertz CT molecular complexity index is 915. The summed E-state index contributed by atoms with van der Waals surface area (Å²) >= 11 is 5.72. The maximum absolute atomic E-state index is 12.1. The van der Waals surface area contributed by atoms with Crippen LogP contribution in [-0.4, -0.2) is 33.9 Å². The van der Waals surface area contributed by atoms with Crippen LogP contribution in [0.15, 0.2) is 53.4 Å². The standard InChI is InChI=1S/C18H20ClN3O5S/c1-27-15-6-2-13(3-7-15)12-18(24)22-21-17(23)10-11-20-28(25,26)16-8-4-14(19)5-9-16/h2-9,20H,10-12H2,1H3,(H,21,23)(H,22,24). The lowest BCUT2D eigenvalue weighted by Gasteiger charge is -2.09. The summed E-state index contributed by atoms with van der Waals surface area (Å²) in [7, 11) is -2.19. The number of rotatable bonds is 8. The molecule has 8 nitrogen and oxygen atoms in total. The third kappa shape index (κ3) is 6.84. The van der Waals surface area contributed by atoms with Gasteiger partial charge in [0.15, 0.2) is 0 Å². The highest BCUT2D eigenvalue weighted by atomic mass is 35.5. The lowest BCUT2D eigenvalue weighted by atomic mass is 10.1. The second kappa shape index (κ2) is 10.1. The molecule has 28 heavy (non-hydrogen) atoms. The van der Waals surface area contributed by atoms with Gasteiger partial charge < -0.3 is 4.74 Å². The summed E-state index contributed by atoms with van der Waals surface area (Å²) in [5.41, 5.74) is 5.28. The van der Waals surface area contributed by atoms with Crippen LogP contribution in [0.25, 0.3) is 0 Å². The molecule has 2 rings (SSSR count). The van der Waals surface area contributed by atoms with E-state index in [9.17, 15) is 18.0 Å². The van der Waals surface area contributed by atoms with Crippen molar-refractivity contribution in [1.29, 1.82) is 0 Å². The number of benzene rings is 2. The van der Waals surface area contributed by atoms with Crippen LogP contribution in [0.4, 0.5) is 0 Å². The van der Waals surface area contributed by atoms with Crippen LogP contribution in [0.3, 0.4) is 0 Å². The molecule has 0 saturated carbocycles. The maximum Gasteiger partial charge on any atom is 0.242 e. The maximum atomic E-state index is 12.1. The molecule has 0 spiro atoms. The highest BCUT2D eigenvalue weighted by Crippen LogP contribution is 2.14. The van der Waals surface area contributed by atoms with E-state index in [1.54, 1.807) is 31.4 Å². The molecule has 150 valence electrons. The van der Waals surface area contributed by atoms with Gasteiger partial charge in [-0.15, -0.1) is 0 Å². The van der Waals surface area contributed by atoms with Gasteiger partial charge in [0.05, 0.1) is 18.4 Å². The van der Waals surface area contributed by atoms with Crippen molar-refractivity contribution in [3.05, 3.63) is 59.1 Å². The number of hydrazine groups is 1. The van der Waals surface area contributed by atoms with Crippen LogP contribution in [0.1, 0.15) is 12.0 Å². The SMILES string of the molecule is COc1ccc(CC(=O)NNC(=O)CCNS(=O)(=O)c2ccc(Cl)cc2)cc1. The van der Waals surface area contributed by atoms with E-state index in [0.29, 0.717) is 10.8 Å². The number of ether oxygens (including phenoxy) is 1. The smallest absolute Gasteiger partial charge is 0.242 e.